The van der Waals surface area contributed by atoms with Gasteiger partial charge in [0, 0.05) is 17.3 Å². The highest BCUT2D eigenvalue weighted by Crippen LogP contribution is 2.28. The van der Waals surface area contributed by atoms with Crippen molar-refractivity contribution >= 4 is 34.8 Å². The molecule has 0 spiro atoms. The minimum atomic E-state index is -0.208. The number of nitrogens with zero attached hydrogens (tertiary/aromatic N) is 1. The van der Waals surface area contributed by atoms with Crippen LogP contribution in [0.4, 0.5) is 0 Å². The van der Waals surface area contributed by atoms with Gasteiger partial charge in [-0.3, -0.25) is 14.5 Å². The molecule has 1 aromatic carbocycles. The van der Waals surface area contributed by atoms with E-state index in [1.165, 1.54) is 16.2 Å². The quantitative estimate of drug-likeness (QED) is 0.812. The maximum absolute atomic E-state index is 12.3. The predicted molar refractivity (Wildman–Crippen MR) is 79.4 cm³/mol. The summed E-state index contributed by atoms with van der Waals surface area (Å²) in [6.07, 6.45) is 0.628. The van der Waals surface area contributed by atoms with Crippen molar-refractivity contribution in [1.82, 2.24) is 4.90 Å². The van der Waals surface area contributed by atoms with Crippen molar-refractivity contribution in [3.8, 4) is 0 Å². The van der Waals surface area contributed by atoms with Crippen LogP contribution < -0.4 is 0 Å². The lowest BCUT2D eigenvalue weighted by molar-refractivity contribution is 0.0597. The Bertz CT molecular complexity index is 660. The van der Waals surface area contributed by atoms with Crippen LogP contribution in [0.5, 0.6) is 0 Å². The Morgan fingerprint density at radius 3 is 2.20 bits per heavy atom. The second-order valence-corrected chi connectivity index (χ2v) is 6.58. The van der Waals surface area contributed by atoms with Gasteiger partial charge in [0.25, 0.3) is 11.8 Å². The van der Waals surface area contributed by atoms with Gasteiger partial charge in [-0.2, -0.15) is 0 Å². The maximum atomic E-state index is 12.3. The summed E-state index contributed by atoms with van der Waals surface area (Å²) in [5.74, 6) is -0.415. The highest BCUT2D eigenvalue weighted by Gasteiger charge is 2.38. The van der Waals surface area contributed by atoms with Crippen LogP contribution >= 0.6 is 22.9 Å². The molecule has 1 aliphatic rings. The number of amides is 2. The summed E-state index contributed by atoms with van der Waals surface area (Å²) in [6.45, 7) is 1.88. The summed E-state index contributed by atoms with van der Waals surface area (Å²) in [5.41, 5.74) is 0.988. The van der Waals surface area contributed by atoms with Gasteiger partial charge >= 0.3 is 0 Å². The number of benzene rings is 1. The maximum Gasteiger partial charge on any atom is 0.261 e. The van der Waals surface area contributed by atoms with Crippen LogP contribution in [0.15, 0.2) is 36.4 Å². The van der Waals surface area contributed by atoms with Crippen molar-refractivity contribution in [3.63, 3.8) is 0 Å². The third-order valence-electron chi connectivity index (χ3n) is 3.39. The van der Waals surface area contributed by atoms with Gasteiger partial charge in [-0.1, -0.05) is 23.7 Å². The summed E-state index contributed by atoms with van der Waals surface area (Å²) >= 11 is 7.38. The molecule has 0 bridgehead atoms. The van der Waals surface area contributed by atoms with Crippen LogP contribution in [0.2, 0.25) is 4.34 Å². The number of hydrogen-bond donors (Lipinski definition) is 0. The van der Waals surface area contributed by atoms with E-state index in [0.29, 0.717) is 17.5 Å². The van der Waals surface area contributed by atoms with E-state index in [1.807, 2.05) is 19.1 Å². The standard InChI is InChI=1S/C15H12ClNO2S/c1-9(8-10-6-7-13(16)20-10)17-14(18)11-4-2-3-5-12(11)15(17)19/h2-7,9H,8H2,1H3. The Kier molecular flexibility index (Phi) is 3.36. The molecule has 1 aliphatic heterocycles. The Labute approximate surface area is 125 Å². The molecule has 2 amide bonds. The molecule has 1 unspecified atom stereocenters. The predicted octanol–water partition coefficient (Wildman–Crippen LogP) is 3.63. The van der Waals surface area contributed by atoms with Gasteiger partial charge in [0.2, 0.25) is 0 Å². The van der Waals surface area contributed by atoms with Crippen molar-refractivity contribution in [2.75, 3.05) is 0 Å². The molecule has 0 saturated heterocycles. The molecule has 0 aliphatic carbocycles. The Balaban J connectivity index is 1.85. The number of carbonyl (C=O) groups is 2. The van der Waals surface area contributed by atoms with Crippen molar-refractivity contribution < 1.29 is 9.59 Å². The zero-order valence-corrected chi connectivity index (χ0v) is 12.4. The van der Waals surface area contributed by atoms with E-state index in [4.69, 9.17) is 11.6 Å². The first-order valence-electron chi connectivity index (χ1n) is 6.29. The highest BCUT2D eigenvalue weighted by atomic mass is 35.5. The van der Waals surface area contributed by atoms with E-state index in [1.54, 1.807) is 24.3 Å². The van der Waals surface area contributed by atoms with Crippen molar-refractivity contribution in [2.45, 2.75) is 19.4 Å². The molecule has 20 heavy (non-hydrogen) atoms. The fourth-order valence-corrected chi connectivity index (χ4v) is 3.66. The van der Waals surface area contributed by atoms with E-state index >= 15 is 0 Å². The summed E-state index contributed by atoms with van der Waals surface area (Å²) in [6, 6.07) is 10.5. The lowest BCUT2D eigenvalue weighted by atomic mass is 10.1. The fourth-order valence-electron chi connectivity index (χ4n) is 2.45. The SMILES string of the molecule is CC(Cc1ccc(Cl)s1)N1C(=O)c2ccccc2C1=O. The summed E-state index contributed by atoms with van der Waals surface area (Å²) in [7, 11) is 0. The van der Waals surface area contributed by atoms with Gasteiger partial charge in [0.15, 0.2) is 0 Å². The molecule has 0 saturated carbocycles. The van der Waals surface area contributed by atoms with Gasteiger partial charge in [-0.15, -0.1) is 11.3 Å². The van der Waals surface area contributed by atoms with Gasteiger partial charge in [0.05, 0.1) is 15.5 Å². The Hall–Kier alpha value is -1.65. The van der Waals surface area contributed by atoms with E-state index in [0.717, 1.165) is 9.21 Å². The van der Waals surface area contributed by atoms with Crippen molar-refractivity contribution in [1.29, 1.82) is 0 Å². The number of halogens is 1. The van der Waals surface area contributed by atoms with Gasteiger partial charge in [0.1, 0.15) is 0 Å². The number of hydrogen-bond acceptors (Lipinski definition) is 3. The lowest BCUT2D eigenvalue weighted by Crippen LogP contribution is -2.39. The molecule has 3 nitrogen and oxygen atoms in total. The first-order valence-corrected chi connectivity index (χ1v) is 7.48. The van der Waals surface area contributed by atoms with E-state index < -0.39 is 0 Å². The number of rotatable bonds is 3. The summed E-state index contributed by atoms with van der Waals surface area (Å²) in [5, 5.41) is 0. The third-order valence-corrected chi connectivity index (χ3v) is 4.65. The first-order chi connectivity index (χ1) is 9.58. The minimum Gasteiger partial charge on any atom is -0.271 e. The van der Waals surface area contributed by atoms with Gasteiger partial charge in [-0.25, -0.2) is 0 Å². The molecule has 3 rings (SSSR count). The summed E-state index contributed by atoms with van der Waals surface area (Å²) < 4.78 is 0.717. The topological polar surface area (TPSA) is 37.4 Å². The van der Waals surface area contributed by atoms with Gasteiger partial charge < -0.3 is 0 Å². The smallest absolute Gasteiger partial charge is 0.261 e. The number of imide groups is 1. The molecule has 1 atom stereocenters. The normalized spacial score (nSPS) is 15.6. The molecule has 0 N–H and O–H groups in total. The molecular formula is C15H12ClNO2S. The van der Waals surface area contributed by atoms with Crippen molar-refractivity contribution in [2.24, 2.45) is 0 Å². The largest absolute Gasteiger partial charge is 0.271 e. The third kappa shape index (κ3) is 2.15. The van der Waals surface area contributed by atoms with Crippen LogP contribution in [-0.2, 0) is 6.42 Å². The molecule has 5 heteroatoms. The molecule has 2 heterocycles. The first kappa shape index (κ1) is 13.3. The monoisotopic (exact) mass is 305 g/mol. The Morgan fingerprint density at radius 1 is 1.10 bits per heavy atom. The van der Waals surface area contributed by atoms with Crippen LogP contribution in [-0.4, -0.2) is 22.8 Å². The van der Waals surface area contributed by atoms with E-state index in [9.17, 15) is 9.59 Å². The number of carbonyl (C=O) groups excluding carboxylic acids is 2. The average Bonchev–Trinajstić information content (AvgIpc) is 2.93. The molecule has 1 aromatic heterocycles. The second kappa shape index (κ2) is 5.04. The van der Waals surface area contributed by atoms with Crippen molar-refractivity contribution in [3.05, 3.63) is 56.7 Å². The summed E-state index contributed by atoms with van der Waals surface area (Å²) in [4.78, 5) is 27.1. The molecule has 0 fully saturated rings. The Morgan fingerprint density at radius 2 is 1.70 bits per heavy atom. The average molecular weight is 306 g/mol. The number of fused-ring (bicyclic) bond motifs is 1. The minimum absolute atomic E-state index is 0.183. The zero-order chi connectivity index (χ0) is 14.3. The van der Waals surface area contributed by atoms with E-state index in [-0.39, 0.29) is 17.9 Å². The molecule has 102 valence electrons. The zero-order valence-electron chi connectivity index (χ0n) is 10.8. The molecular weight excluding hydrogens is 294 g/mol. The number of thiophene rings is 1. The van der Waals surface area contributed by atoms with Crippen LogP contribution in [0.1, 0.15) is 32.5 Å². The van der Waals surface area contributed by atoms with E-state index in [2.05, 4.69) is 0 Å². The van der Waals surface area contributed by atoms with Crippen LogP contribution in [0.3, 0.4) is 0 Å². The lowest BCUT2D eigenvalue weighted by Gasteiger charge is -2.21. The van der Waals surface area contributed by atoms with Crippen LogP contribution in [0, 0.1) is 0 Å². The molecule has 2 aromatic rings. The van der Waals surface area contributed by atoms with Crippen LogP contribution in [0.25, 0.3) is 0 Å². The molecule has 0 radical (unpaired) electrons. The highest BCUT2D eigenvalue weighted by molar-refractivity contribution is 7.16. The second-order valence-electron chi connectivity index (χ2n) is 4.78. The van der Waals surface area contributed by atoms with Gasteiger partial charge in [-0.05, 0) is 31.2 Å². The fraction of sp³-hybridized carbons (Fsp3) is 0.200.